The average Bonchev–Trinajstić information content (AvgIpc) is 3.11. The van der Waals surface area contributed by atoms with E-state index < -0.39 is 24.4 Å². The van der Waals surface area contributed by atoms with Gasteiger partial charge in [-0.25, -0.2) is 4.79 Å². The SMILES string of the molecule is O=C(COC(=O)c1cccc(N2C(=O)[C@H]3CCCC[C@H]3C2=O)c1)NNC(=O)c1ccc(Br)cc1. The Kier molecular flexibility index (Phi) is 7.06. The lowest BCUT2D eigenvalue weighted by Crippen LogP contribution is -2.43. The minimum atomic E-state index is -0.798. The predicted octanol–water partition coefficient (Wildman–Crippen LogP) is 2.75. The number of carbonyl (C=O) groups is 5. The topological polar surface area (TPSA) is 122 Å². The van der Waals surface area contributed by atoms with E-state index in [0.29, 0.717) is 24.1 Å². The first-order valence-corrected chi connectivity index (χ1v) is 11.6. The molecule has 4 rings (SSSR count). The highest BCUT2D eigenvalue weighted by atomic mass is 79.9. The number of nitrogens with one attached hydrogen (secondary N) is 2. The molecule has 1 aliphatic heterocycles. The normalized spacial score (nSPS) is 19.4. The Hall–Kier alpha value is -3.53. The van der Waals surface area contributed by atoms with Crippen LogP contribution >= 0.6 is 15.9 Å². The summed E-state index contributed by atoms with van der Waals surface area (Å²) in [6.07, 6.45) is 3.24. The van der Waals surface area contributed by atoms with Gasteiger partial charge in [0.25, 0.3) is 11.8 Å². The third-order valence-corrected chi connectivity index (χ3v) is 6.47. The van der Waals surface area contributed by atoms with Crippen molar-refractivity contribution < 1.29 is 28.7 Å². The van der Waals surface area contributed by atoms with Gasteiger partial charge in [0, 0.05) is 10.0 Å². The monoisotopic (exact) mass is 527 g/mol. The molecule has 10 heteroatoms. The molecule has 0 unspecified atom stereocenters. The number of hydrogen-bond acceptors (Lipinski definition) is 6. The van der Waals surface area contributed by atoms with Crippen molar-refractivity contribution in [3.63, 3.8) is 0 Å². The quantitative estimate of drug-likeness (QED) is 0.350. The number of amides is 4. The van der Waals surface area contributed by atoms with Crippen LogP contribution in [0.2, 0.25) is 0 Å². The van der Waals surface area contributed by atoms with Crippen LogP contribution < -0.4 is 15.8 Å². The summed E-state index contributed by atoms with van der Waals surface area (Å²) in [5, 5.41) is 0. The fourth-order valence-electron chi connectivity index (χ4n) is 4.24. The number of ether oxygens (including phenoxy) is 1. The summed E-state index contributed by atoms with van der Waals surface area (Å²) in [5.41, 5.74) is 5.15. The van der Waals surface area contributed by atoms with E-state index in [1.165, 1.54) is 12.1 Å². The fourth-order valence-corrected chi connectivity index (χ4v) is 4.50. The molecule has 4 amide bonds. The second-order valence-corrected chi connectivity index (χ2v) is 9.06. The third-order valence-electron chi connectivity index (χ3n) is 5.94. The molecule has 0 aromatic heterocycles. The Morgan fingerprint density at radius 1 is 0.912 bits per heavy atom. The number of anilines is 1. The van der Waals surface area contributed by atoms with Crippen LogP contribution in [0.3, 0.4) is 0 Å². The molecule has 2 N–H and O–H groups in total. The zero-order chi connectivity index (χ0) is 24.2. The van der Waals surface area contributed by atoms with E-state index in [1.807, 2.05) is 0 Å². The summed E-state index contributed by atoms with van der Waals surface area (Å²) < 4.78 is 5.82. The smallest absolute Gasteiger partial charge is 0.338 e. The van der Waals surface area contributed by atoms with E-state index in [4.69, 9.17) is 4.74 Å². The molecule has 2 aliphatic rings. The molecule has 1 aliphatic carbocycles. The first-order valence-electron chi connectivity index (χ1n) is 10.8. The summed E-state index contributed by atoms with van der Waals surface area (Å²) in [7, 11) is 0. The Morgan fingerprint density at radius 2 is 1.56 bits per heavy atom. The number of carbonyl (C=O) groups excluding carboxylic acids is 5. The Labute approximate surface area is 203 Å². The van der Waals surface area contributed by atoms with Crippen LogP contribution in [0, 0.1) is 11.8 Å². The lowest BCUT2D eigenvalue weighted by molar-refractivity contribution is -0.125. The molecule has 2 aromatic carbocycles. The third kappa shape index (κ3) is 5.01. The minimum absolute atomic E-state index is 0.0969. The van der Waals surface area contributed by atoms with E-state index >= 15 is 0 Å². The zero-order valence-electron chi connectivity index (χ0n) is 18.1. The number of hydrogen-bond donors (Lipinski definition) is 2. The van der Waals surface area contributed by atoms with Crippen LogP contribution in [0.15, 0.2) is 53.0 Å². The molecular weight excluding hydrogens is 506 g/mol. The van der Waals surface area contributed by atoms with Gasteiger partial charge in [0.15, 0.2) is 6.61 Å². The van der Waals surface area contributed by atoms with Gasteiger partial charge >= 0.3 is 5.97 Å². The molecule has 176 valence electrons. The van der Waals surface area contributed by atoms with Crippen molar-refractivity contribution >= 4 is 51.2 Å². The molecule has 9 nitrogen and oxygen atoms in total. The number of hydrazine groups is 1. The maximum Gasteiger partial charge on any atom is 0.338 e. The largest absolute Gasteiger partial charge is 0.452 e. The Balaban J connectivity index is 1.32. The van der Waals surface area contributed by atoms with E-state index in [0.717, 1.165) is 22.2 Å². The van der Waals surface area contributed by atoms with Gasteiger partial charge in [-0.2, -0.15) is 0 Å². The summed E-state index contributed by atoms with van der Waals surface area (Å²) >= 11 is 3.27. The van der Waals surface area contributed by atoms with Crippen LogP contribution in [0.4, 0.5) is 5.69 Å². The molecule has 1 saturated carbocycles. The Bertz CT molecular complexity index is 1130. The van der Waals surface area contributed by atoms with Gasteiger partial charge in [0.05, 0.1) is 23.1 Å². The number of esters is 1. The fraction of sp³-hybridized carbons (Fsp3) is 0.292. The molecular formula is C24H22BrN3O6. The predicted molar refractivity (Wildman–Crippen MR) is 124 cm³/mol. The maximum absolute atomic E-state index is 12.8. The lowest BCUT2D eigenvalue weighted by atomic mass is 9.81. The first kappa shape index (κ1) is 23.6. The van der Waals surface area contributed by atoms with Crippen LogP contribution in [-0.4, -0.2) is 36.2 Å². The number of benzene rings is 2. The van der Waals surface area contributed by atoms with Crippen LogP contribution in [0.25, 0.3) is 0 Å². The van der Waals surface area contributed by atoms with E-state index in [9.17, 15) is 24.0 Å². The summed E-state index contributed by atoms with van der Waals surface area (Å²) in [5.74, 6) is -3.12. The second kappa shape index (κ2) is 10.2. The highest BCUT2D eigenvalue weighted by Gasteiger charge is 2.48. The van der Waals surface area contributed by atoms with E-state index in [1.54, 1.807) is 36.4 Å². The zero-order valence-corrected chi connectivity index (χ0v) is 19.7. The average molecular weight is 528 g/mol. The highest BCUT2D eigenvalue weighted by molar-refractivity contribution is 9.10. The lowest BCUT2D eigenvalue weighted by Gasteiger charge is -2.19. The molecule has 2 aromatic rings. The second-order valence-electron chi connectivity index (χ2n) is 8.14. The van der Waals surface area contributed by atoms with Crippen LogP contribution in [0.1, 0.15) is 46.4 Å². The van der Waals surface area contributed by atoms with E-state index in [-0.39, 0.29) is 29.2 Å². The van der Waals surface area contributed by atoms with Gasteiger partial charge in [0.2, 0.25) is 11.8 Å². The molecule has 0 bridgehead atoms. The molecule has 2 atom stereocenters. The molecule has 34 heavy (non-hydrogen) atoms. The first-order chi connectivity index (χ1) is 16.3. The van der Waals surface area contributed by atoms with Crippen LogP contribution in [-0.2, 0) is 19.1 Å². The number of fused-ring (bicyclic) bond motifs is 1. The van der Waals surface area contributed by atoms with Gasteiger partial charge < -0.3 is 4.74 Å². The van der Waals surface area contributed by atoms with Gasteiger partial charge in [-0.1, -0.05) is 34.8 Å². The van der Waals surface area contributed by atoms with Crippen molar-refractivity contribution in [2.45, 2.75) is 25.7 Å². The van der Waals surface area contributed by atoms with Gasteiger partial charge in [-0.3, -0.25) is 34.9 Å². The molecule has 1 heterocycles. The van der Waals surface area contributed by atoms with Crippen LogP contribution in [0.5, 0.6) is 0 Å². The number of nitrogens with zero attached hydrogens (tertiary/aromatic N) is 1. The Morgan fingerprint density at radius 3 is 2.21 bits per heavy atom. The van der Waals surface area contributed by atoms with Crippen molar-refractivity contribution in [1.82, 2.24) is 10.9 Å². The summed E-state index contributed by atoms with van der Waals surface area (Å²) in [6.45, 7) is -0.630. The molecule has 1 saturated heterocycles. The molecule has 2 fully saturated rings. The molecule has 0 radical (unpaired) electrons. The minimum Gasteiger partial charge on any atom is -0.452 e. The van der Waals surface area contributed by atoms with Crippen molar-refractivity contribution in [2.75, 3.05) is 11.5 Å². The van der Waals surface area contributed by atoms with Gasteiger partial charge in [-0.15, -0.1) is 0 Å². The van der Waals surface area contributed by atoms with E-state index in [2.05, 4.69) is 26.8 Å². The van der Waals surface area contributed by atoms with Crippen molar-refractivity contribution in [1.29, 1.82) is 0 Å². The highest BCUT2D eigenvalue weighted by Crippen LogP contribution is 2.40. The standard InChI is InChI=1S/C24H22BrN3O6/c25-16-10-8-14(9-11-16)21(30)27-26-20(29)13-34-24(33)15-4-3-5-17(12-15)28-22(31)18-6-1-2-7-19(18)23(28)32/h3-5,8-12,18-19H,1-2,6-7,13H2,(H,26,29)(H,27,30)/t18-,19+. The summed E-state index contributed by atoms with van der Waals surface area (Å²) in [6, 6.07) is 12.5. The molecule has 0 spiro atoms. The van der Waals surface area contributed by atoms with Gasteiger partial charge in [-0.05, 0) is 55.3 Å². The van der Waals surface area contributed by atoms with Gasteiger partial charge in [0.1, 0.15) is 0 Å². The van der Waals surface area contributed by atoms with Crippen molar-refractivity contribution in [2.24, 2.45) is 11.8 Å². The van der Waals surface area contributed by atoms with Crippen molar-refractivity contribution in [3.8, 4) is 0 Å². The summed E-state index contributed by atoms with van der Waals surface area (Å²) in [4.78, 5) is 63.2. The number of rotatable bonds is 5. The van der Waals surface area contributed by atoms with Crippen molar-refractivity contribution in [3.05, 3.63) is 64.1 Å². The number of halogens is 1. The number of imide groups is 1. The maximum atomic E-state index is 12.8.